The zero-order valence-electron chi connectivity index (χ0n) is 5.47. The Morgan fingerprint density at radius 1 is 1.55 bits per heavy atom. The van der Waals surface area contributed by atoms with E-state index in [2.05, 4.69) is 27.9 Å². The number of halogens is 2. The summed E-state index contributed by atoms with van der Waals surface area (Å²) < 4.78 is 1.06. The predicted molar refractivity (Wildman–Crippen MR) is 54.0 cm³/mol. The van der Waals surface area contributed by atoms with Crippen molar-refractivity contribution in [1.82, 2.24) is 0 Å². The molecule has 11 heavy (non-hydrogen) atoms. The zero-order chi connectivity index (χ0) is 8.27. The van der Waals surface area contributed by atoms with Crippen LogP contribution in [0.5, 0.6) is 0 Å². The monoisotopic (exact) mass is 281 g/mol. The number of anilines is 1. The molecule has 1 rings (SSSR count). The van der Waals surface area contributed by atoms with Gasteiger partial charge >= 0.3 is 5.37 Å². The van der Waals surface area contributed by atoms with Gasteiger partial charge in [0.2, 0.25) is 0 Å². The lowest BCUT2D eigenvalue weighted by Gasteiger charge is -1.99. The van der Waals surface area contributed by atoms with Crippen molar-refractivity contribution in [2.75, 3.05) is 5.32 Å². The molecule has 0 aromatic heterocycles. The maximum atomic E-state index is 10.4. The average molecular weight is 281 g/mol. The van der Waals surface area contributed by atoms with Crippen molar-refractivity contribution < 1.29 is 4.79 Å². The third-order valence-corrected chi connectivity index (χ3v) is 1.83. The number of amides is 1. The molecule has 0 unspecified atom stereocenters. The topological polar surface area (TPSA) is 29.1 Å². The standard InChI is InChI=1S/C7H5ClINO/c8-7(11)10-6-3-1-2-5(9)4-6/h1-4H,(H,10,11). The van der Waals surface area contributed by atoms with Crippen molar-refractivity contribution in [3.63, 3.8) is 0 Å². The van der Waals surface area contributed by atoms with Crippen LogP contribution in [0.15, 0.2) is 24.3 Å². The summed E-state index contributed by atoms with van der Waals surface area (Å²) in [5.74, 6) is 0. The number of rotatable bonds is 1. The highest BCUT2D eigenvalue weighted by atomic mass is 127. The molecule has 4 heteroatoms. The Morgan fingerprint density at radius 3 is 2.82 bits per heavy atom. The molecule has 0 spiro atoms. The third-order valence-electron chi connectivity index (χ3n) is 1.07. The molecule has 58 valence electrons. The van der Waals surface area contributed by atoms with Gasteiger partial charge in [-0.3, -0.25) is 4.79 Å². The van der Waals surface area contributed by atoms with E-state index in [9.17, 15) is 4.79 Å². The van der Waals surface area contributed by atoms with Crippen LogP contribution in [0.4, 0.5) is 10.5 Å². The maximum Gasteiger partial charge on any atom is 0.318 e. The average Bonchev–Trinajstić information content (AvgIpc) is 1.85. The van der Waals surface area contributed by atoms with E-state index in [1.807, 2.05) is 18.2 Å². The molecule has 0 aliphatic carbocycles. The molecule has 1 aromatic rings. The highest BCUT2D eigenvalue weighted by molar-refractivity contribution is 14.1. The quantitative estimate of drug-likeness (QED) is 0.478. The van der Waals surface area contributed by atoms with Gasteiger partial charge in [-0.2, -0.15) is 0 Å². The molecule has 1 N–H and O–H groups in total. The molecule has 0 radical (unpaired) electrons. The SMILES string of the molecule is O=C(Cl)Nc1cccc(I)c1. The molecule has 1 aromatic carbocycles. The van der Waals surface area contributed by atoms with Gasteiger partial charge in [-0.25, -0.2) is 0 Å². The molecule has 0 aliphatic rings. The minimum Gasteiger partial charge on any atom is -0.312 e. The summed E-state index contributed by atoms with van der Waals surface area (Å²) in [6, 6.07) is 7.40. The lowest BCUT2D eigenvalue weighted by Crippen LogP contribution is -2.00. The van der Waals surface area contributed by atoms with Crippen molar-refractivity contribution >= 4 is 45.2 Å². The fourth-order valence-corrected chi connectivity index (χ4v) is 1.33. The number of carbonyl (C=O) groups is 1. The van der Waals surface area contributed by atoms with Gasteiger partial charge in [-0.15, -0.1) is 0 Å². The summed E-state index contributed by atoms with van der Waals surface area (Å²) in [6.45, 7) is 0. The Hall–Kier alpha value is -0.290. The molecule has 0 fully saturated rings. The van der Waals surface area contributed by atoms with Gasteiger partial charge in [0.15, 0.2) is 0 Å². The summed E-state index contributed by atoms with van der Waals surface area (Å²) in [7, 11) is 0. The second-order valence-electron chi connectivity index (χ2n) is 1.91. The Labute approximate surface area is 83.1 Å². The zero-order valence-corrected chi connectivity index (χ0v) is 8.39. The third kappa shape index (κ3) is 3.07. The van der Waals surface area contributed by atoms with Gasteiger partial charge in [-0.1, -0.05) is 6.07 Å². The lowest BCUT2D eigenvalue weighted by molar-refractivity contribution is 0.269. The summed E-state index contributed by atoms with van der Waals surface area (Å²) in [4.78, 5) is 10.4. The van der Waals surface area contributed by atoms with Gasteiger partial charge in [-0.05, 0) is 52.4 Å². The number of benzene rings is 1. The second kappa shape index (κ2) is 3.92. The second-order valence-corrected chi connectivity index (χ2v) is 3.50. The van der Waals surface area contributed by atoms with Crippen LogP contribution in [0.25, 0.3) is 0 Å². The lowest BCUT2D eigenvalue weighted by atomic mass is 10.3. The van der Waals surface area contributed by atoms with Crippen LogP contribution < -0.4 is 5.32 Å². The normalized spacial score (nSPS) is 9.27. The van der Waals surface area contributed by atoms with Gasteiger partial charge in [0.05, 0.1) is 0 Å². The van der Waals surface area contributed by atoms with E-state index in [1.165, 1.54) is 0 Å². The van der Waals surface area contributed by atoms with Crippen molar-refractivity contribution in [1.29, 1.82) is 0 Å². The van der Waals surface area contributed by atoms with Crippen molar-refractivity contribution in [2.45, 2.75) is 0 Å². The van der Waals surface area contributed by atoms with E-state index in [1.54, 1.807) is 6.07 Å². The molecular weight excluding hydrogens is 276 g/mol. The number of carbonyl (C=O) groups excluding carboxylic acids is 1. The predicted octanol–water partition coefficient (Wildman–Crippen LogP) is 3.06. The summed E-state index contributed by atoms with van der Waals surface area (Å²) in [5, 5.41) is 1.90. The number of hydrogen-bond acceptors (Lipinski definition) is 1. The van der Waals surface area contributed by atoms with E-state index >= 15 is 0 Å². The first-order valence-electron chi connectivity index (χ1n) is 2.90. The maximum absolute atomic E-state index is 10.4. The molecule has 1 amide bonds. The van der Waals surface area contributed by atoms with Crippen LogP contribution in [0.2, 0.25) is 0 Å². The molecule has 0 atom stereocenters. The fourth-order valence-electron chi connectivity index (χ4n) is 0.680. The van der Waals surface area contributed by atoms with Crippen LogP contribution >= 0.6 is 34.2 Å². The minimum atomic E-state index is -0.563. The summed E-state index contributed by atoms with van der Waals surface area (Å²) in [6.07, 6.45) is 0. The van der Waals surface area contributed by atoms with Gasteiger partial charge in [0, 0.05) is 9.26 Å². The summed E-state index contributed by atoms with van der Waals surface area (Å²) >= 11 is 7.27. The molecule has 0 heterocycles. The first-order valence-corrected chi connectivity index (χ1v) is 4.36. The Balaban J connectivity index is 2.79. The minimum absolute atomic E-state index is 0.563. The molecule has 0 bridgehead atoms. The Bertz CT molecular complexity index is 277. The highest BCUT2D eigenvalue weighted by Crippen LogP contribution is 2.12. The van der Waals surface area contributed by atoms with Crippen molar-refractivity contribution in [3.05, 3.63) is 27.8 Å². The first-order chi connectivity index (χ1) is 5.18. The van der Waals surface area contributed by atoms with E-state index in [0.717, 1.165) is 9.26 Å². The van der Waals surface area contributed by atoms with Crippen LogP contribution in [0, 0.1) is 3.57 Å². The van der Waals surface area contributed by atoms with Crippen molar-refractivity contribution in [3.8, 4) is 0 Å². The van der Waals surface area contributed by atoms with Crippen LogP contribution in [0.3, 0.4) is 0 Å². The van der Waals surface area contributed by atoms with Gasteiger partial charge in [0.1, 0.15) is 0 Å². The first kappa shape index (κ1) is 8.80. The van der Waals surface area contributed by atoms with E-state index in [-0.39, 0.29) is 0 Å². The van der Waals surface area contributed by atoms with E-state index < -0.39 is 5.37 Å². The van der Waals surface area contributed by atoms with E-state index in [0.29, 0.717) is 0 Å². The molecule has 0 saturated carbocycles. The fraction of sp³-hybridized carbons (Fsp3) is 0. The van der Waals surface area contributed by atoms with Crippen molar-refractivity contribution in [2.24, 2.45) is 0 Å². The van der Waals surface area contributed by atoms with E-state index in [4.69, 9.17) is 11.6 Å². The highest BCUT2D eigenvalue weighted by Gasteiger charge is 1.95. The molecule has 0 aliphatic heterocycles. The van der Waals surface area contributed by atoms with Crippen LogP contribution in [-0.2, 0) is 0 Å². The van der Waals surface area contributed by atoms with Crippen LogP contribution in [0.1, 0.15) is 0 Å². The summed E-state index contributed by atoms with van der Waals surface area (Å²) in [5.41, 5.74) is 0.719. The Kier molecular flexibility index (Phi) is 3.14. The van der Waals surface area contributed by atoms with Gasteiger partial charge < -0.3 is 5.32 Å². The molecule has 0 saturated heterocycles. The van der Waals surface area contributed by atoms with Gasteiger partial charge in [0.25, 0.3) is 0 Å². The Morgan fingerprint density at radius 2 is 2.27 bits per heavy atom. The number of hydrogen-bond donors (Lipinski definition) is 1. The largest absolute Gasteiger partial charge is 0.318 e. The van der Waals surface area contributed by atoms with Crippen LogP contribution in [-0.4, -0.2) is 5.37 Å². The number of nitrogens with one attached hydrogen (secondary N) is 1. The molecule has 2 nitrogen and oxygen atoms in total. The smallest absolute Gasteiger partial charge is 0.312 e. The molecular formula is C7H5ClINO.